The van der Waals surface area contributed by atoms with E-state index in [-0.39, 0.29) is 12.0 Å². The second-order valence-electron chi connectivity index (χ2n) is 2.01. The molecule has 2 nitrogen and oxygen atoms in total. The first-order valence-corrected chi connectivity index (χ1v) is 3.00. The predicted octanol–water partition coefficient (Wildman–Crippen LogP) is 1.24. The molecule has 0 fully saturated rings. The van der Waals surface area contributed by atoms with Gasteiger partial charge in [0.25, 0.3) is 0 Å². The lowest BCUT2D eigenvalue weighted by Gasteiger charge is -2.03. The van der Waals surface area contributed by atoms with Crippen molar-refractivity contribution >= 4 is 14.3 Å². The Kier molecular flexibility index (Phi) is 2.42. The molecule has 1 aromatic carbocycles. The molecule has 1 rings (SSSR count). The summed E-state index contributed by atoms with van der Waals surface area (Å²) in [5.74, 6) is -2.39. The van der Waals surface area contributed by atoms with E-state index in [1.54, 1.807) is 0 Å². The van der Waals surface area contributed by atoms with Crippen LogP contribution in [-0.4, -0.2) is 14.3 Å². The molecule has 2 radical (unpaired) electrons. The number of hydrogen-bond donors (Lipinski definition) is 0. The Morgan fingerprint density at radius 3 is 2.58 bits per heavy atom. The first kappa shape index (κ1) is 8.71. The minimum atomic E-state index is -1.09. The lowest BCUT2D eigenvalue weighted by molar-refractivity contribution is 0.111. The monoisotopic (exact) mass is 168 g/mol. The molecule has 0 aromatic heterocycles. The quantitative estimate of drug-likeness (QED) is 0.490. The van der Waals surface area contributed by atoms with Crippen molar-refractivity contribution in [2.45, 2.75) is 0 Å². The van der Waals surface area contributed by atoms with Crippen molar-refractivity contribution in [2.24, 2.45) is 0 Å². The van der Waals surface area contributed by atoms with Crippen molar-refractivity contribution in [2.75, 3.05) is 0 Å². The number of rotatable bonds is 2. The highest BCUT2D eigenvalue weighted by Gasteiger charge is 2.12. The van der Waals surface area contributed by atoms with Crippen molar-refractivity contribution in [3.63, 3.8) is 0 Å². The molecule has 0 aliphatic carbocycles. The summed E-state index contributed by atoms with van der Waals surface area (Å²) in [6.07, 6.45) is 0.0627. The van der Waals surface area contributed by atoms with E-state index in [0.717, 1.165) is 12.1 Å². The van der Waals surface area contributed by atoms with Crippen LogP contribution in [0.15, 0.2) is 12.1 Å². The molecule has 1 aromatic rings. The Morgan fingerprint density at radius 2 is 2.08 bits per heavy atom. The molecule has 0 saturated heterocycles. The van der Waals surface area contributed by atoms with E-state index >= 15 is 0 Å². The van der Waals surface area contributed by atoms with E-state index < -0.39 is 17.2 Å². The maximum atomic E-state index is 12.9. The first-order chi connectivity index (χ1) is 5.70. The van der Waals surface area contributed by atoms with Crippen LogP contribution >= 0.6 is 0 Å². The molecule has 0 N–H and O–H groups in total. The maximum Gasteiger partial charge on any atom is 0.374 e. The Balaban J connectivity index is 3.33. The van der Waals surface area contributed by atoms with Gasteiger partial charge in [-0.05, 0) is 12.1 Å². The van der Waals surface area contributed by atoms with Crippen LogP contribution in [0.1, 0.15) is 10.4 Å². The zero-order valence-electron chi connectivity index (χ0n) is 5.88. The van der Waals surface area contributed by atoms with Gasteiger partial charge in [0.05, 0.1) is 5.56 Å². The van der Waals surface area contributed by atoms with Gasteiger partial charge in [-0.25, -0.2) is 8.78 Å². The molecule has 5 heteroatoms. The smallest absolute Gasteiger partial charge is 0.374 e. The van der Waals surface area contributed by atoms with E-state index in [0.29, 0.717) is 0 Å². The van der Waals surface area contributed by atoms with Crippen LogP contribution in [0.2, 0.25) is 0 Å². The van der Waals surface area contributed by atoms with Gasteiger partial charge in [-0.2, -0.15) is 0 Å². The summed E-state index contributed by atoms with van der Waals surface area (Å²) in [6.45, 7) is 0. The predicted molar refractivity (Wildman–Crippen MR) is 38.1 cm³/mol. The summed E-state index contributed by atoms with van der Waals surface area (Å²) in [4.78, 5) is 10.1. The molecular formula is C7H3BF2O2. The second kappa shape index (κ2) is 3.34. The van der Waals surface area contributed by atoms with Gasteiger partial charge in [-0.1, -0.05) is 0 Å². The molecule has 0 amide bonds. The standard InChI is InChI=1S/C7H3BF2O2/c8-12-6-2-1-5(9)4(3-11)7(6)10/h1-3H. The molecule has 0 atom stereocenters. The number of carbonyl (C=O) groups is 1. The Morgan fingerprint density at radius 1 is 1.42 bits per heavy atom. The number of benzene rings is 1. The van der Waals surface area contributed by atoms with Crippen LogP contribution in [0, 0.1) is 11.6 Å². The molecular weight excluding hydrogens is 165 g/mol. The van der Waals surface area contributed by atoms with Crippen molar-refractivity contribution in [1.29, 1.82) is 0 Å². The van der Waals surface area contributed by atoms with Gasteiger partial charge in [0, 0.05) is 0 Å². The lowest BCUT2D eigenvalue weighted by atomic mass is 10.2. The molecule has 0 saturated carbocycles. The third-order valence-electron chi connectivity index (χ3n) is 1.34. The average molecular weight is 168 g/mol. The Bertz CT molecular complexity index is 315. The lowest BCUT2D eigenvalue weighted by Crippen LogP contribution is -1.97. The van der Waals surface area contributed by atoms with Gasteiger partial charge < -0.3 is 4.65 Å². The zero-order chi connectivity index (χ0) is 9.14. The van der Waals surface area contributed by atoms with Crippen LogP contribution in [-0.2, 0) is 0 Å². The molecule has 0 spiro atoms. The van der Waals surface area contributed by atoms with Gasteiger partial charge in [0.2, 0.25) is 0 Å². The molecule has 12 heavy (non-hydrogen) atoms. The third-order valence-corrected chi connectivity index (χ3v) is 1.34. The van der Waals surface area contributed by atoms with Gasteiger partial charge in [-0.3, -0.25) is 4.79 Å². The SMILES string of the molecule is [B]Oc1ccc(F)c(C=O)c1F. The van der Waals surface area contributed by atoms with E-state index in [2.05, 4.69) is 12.7 Å². The fourth-order valence-electron chi connectivity index (χ4n) is 0.748. The van der Waals surface area contributed by atoms with Crippen molar-refractivity contribution < 1.29 is 18.2 Å². The fourth-order valence-corrected chi connectivity index (χ4v) is 0.748. The van der Waals surface area contributed by atoms with E-state index in [1.807, 2.05) is 0 Å². The molecule has 0 bridgehead atoms. The average Bonchev–Trinajstić information content (AvgIpc) is 2.06. The van der Waals surface area contributed by atoms with E-state index in [1.165, 1.54) is 0 Å². The highest BCUT2D eigenvalue weighted by molar-refractivity contribution is 6.00. The summed E-state index contributed by atoms with van der Waals surface area (Å²) >= 11 is 0. The molecule has 0 aliphatic heterocycles. The summed E-state index contributed by atoms with van der Waals surface area (Å²) in [7, 11) is 4.65. The third kappa shape index (κ3) is 1.30. The molecule has 0 heterocycles. The summed E-state index contributed by atoms with van der Waals surface area (Å²) in [5.41, 5.74) is -0.682. The normalized spacial score (nSPS) is 9.50. The minimum Gasteiger partial charge on any atom is -0.566 e. The van der Waals surface area contributed by atoms with Crippen molar-refractivity contribution in [3.05, 3.63) is 29.3 Å². The Labute approximate surface area is 68.6 Å². The topological polar surface area (TPSA) is 26.3 Å². The van der Waals surface area contributed by atoms with Crippen LogP contribution in [0.4, 0.5) is 8.78 Å². The summed E-state index contributed by atoms with van der Waals surface area (Å²) in [6, 6.07) is 1.90. The number of hydrogen-bond acceptors (Lipinski definition) is 2. The number of carbonyl (C=O) groups excluding carboxylic acids is 1. The van der Waals surface area contributed by atoms with Gasteiger partial charge in [-0.15, -0.1) is 0 Å². The summed E-state index contributed by atoms with van der Waals surface area (Å²) in [5, 5.41) is 0. The van der Waals surface area contributed by atoms with Gasteiger partial charge >= 0.3 is 8.05 Å². The largest absolute Gasteiger partial charge is 0.566 e. The van der Waals surface area contributed by atoms with Crippen molar-refractivity contribution in [1.82, 2.24) is 0 Å². The minimum absolute atomic E-state index is 0.0627. The first-order valence-electron chi connectivity index (χ1n) is 3.00. The van der Waals surface area contributed by atoms with Crippen LogP contribution in [0.25, 0.3) is 0 Å². The fraction of sp³-hybridized carbons (Fsp3) is 0. The molecule has 0 aliphatic rings. The Hall–Kier alpha value is -1.39. The highest BCUT2D eigenvalue weighted by Crippen LogP contribution is 2.20. The van der Waals surface area contributed by atoms with Crippen molar-refractivity contribution in [3.8, 4) is 5.75 Å². The maximum absolute atomic E-state index is 12.9. The molecule has 0 unspecified atom stereocenters. The molecule has 60 valence electrons. The zero-order valence-corrected chi connectivity index (χ0v) is 5.88. The highest BCUT2D eigenvalue weighted by atomic mass is 19.1. The van der Waals surface area contributed by atoms with E-state index in [9.17, 15) is 13.6 Å². The number of aldehydes is 1. The van der Waals surface area contributed by atoms with Gasteiger partial charge in [0.1, 0.15) is 11.6 Å². The second-order valence-corrected chi connectivity index (χ2v) is 2.01. The van der Waals surface area contributed by atoms with Crippen LogP contribution in [0.3, 0.4) is 0 Å². The summed E-state index contributed by atoms with van der Waals surface area (Å²) < 4.78 is 29.5. The van der Waals surface area contributed by atoms with Gasteiger partial charge in [0.15, 0.2) is 12.1 Å². The van der Waals surface area contributed by atoms with E-state index in [4.69, 9.17) is 0 Å². The number of halogens is 2. The van der Waals surface area contributed by atoms with Crippen LogP contribution in [0.5, 0.6) is 5.75 Å². The van der Waals surface area contributed by atoms with Crippen LogP contribution < -0.4 is 4.65 Å².